The molecule has 0 saturated carbocycles. The van der Waals surface area contributed by atoms with E-state index in [0.717, 1.165) is 10.0 Å². The van der Waals surface area contributed by atoms with Crippen molar-refractivity contribution in [1.29, 1.82) is 0 Å². The Morgan fingerprint density at radius 3 is 2.17 bits per heavy atom. The first-order valence-corrected chi connectivity index (χ1v) is 7.21. The molecule has 0 spiro atoms. The first-order chi connectivity index (χ1) is 8.14. The fraction of sp³-hybridized carbons (Fsp3) is 0.600. The molecule has 0 aliphatic rings. The molecule has 0 radical (unpaired) electrons. The molecule has 0 fully saturated rings. The van der Waals surface area contributed by atoms with Crippen LogP contribution in [0.5, 0.6) is 0 Å². The quantitative estimate of drug-likeness (QED) is 0.899. The van der Waals surface area contributed by atoms with Crippen LogP contribution in [0.3, 0.4) is 0 Å². The van der Waals surface area contributed by atoms with Crippen LogP contribution in [0.25, 0.3) is 0 Å². The summed E-state index contributed by atoms with van der Waals surface area (Å²) in [4.78, 5) is 2.31. The van der Waals surface area contributed by atoms with Gasteiger partial charge in [-0.1, -0.05) is 26.8 Å². The largest absolute Gasteiger partial charge is 0.370 e. The average molecular weight is 313 g/mol. The maximum atomic E-state index is 5.90. The number of nitrogens with two attached hydrogens (primary N) is 1. The fourth-order valence-corrected chi connectivity index (χ4v) is 2.56. The Balaban J connectivity index is 3.04. The predicted molar refractivity (Wildman–Crippen MR) is 84.1 cm³/mol. The van der Waals surface area contributed by atoms with Crippen LogP contribution in [0.2, 0.25) is 0 Å². The third-order valence-corrected chi connectivity index (χ3v) is 4.35. The van der Waals surface area contributed by atoms with Crippen molar-refractivity contribution in [2.75, 3.05) is 11.9 Å². The van der Waals surface area contributed by atoms with E-state index in [4.69, 9.17) is 5.73 Å². The first-order valence-electron chi connectivity index (χ1n) is 6.42. The van der Waals surface area contributed by atoms with Crippen molar-refractivity contribution in [3.8, 4) is 0 Å². The summed E-state index contributed by atoms with van der Waals surface area (Å²) in [5.74, 6) is 0. The van der Waals surface area contributed by atoms with Gasteiger partial charge in [-0.3, -0.25) is 0 Å². The summed E-state index contributed by atoms with van der Waals surface area (Å²) < 4.78 is 1.11. The summed E-state index contributed by atoms with van der Waals surface area (Å²) in [5, 5.41) is 0. The Hall–Kier alpha value is -0.540. The number of hydrogen-bond acceptors (Lipinski definition) is 2. The van der Waals surface area contributed by atoms with Crippen LogP contribution in [0.1, 0.15) is 46.2 Å². The van der Waals surface area contributed by atoms with Crippen LogP contribution in [0, 0.1) is 5.41 Å². The van der Waals surface area contributed by atoms with Gasteiger partial charge in [0.25, 0.3) is 0 Å². The summed E-state index contributed by atoms with van der Waals surface area (Å²) in [7, 11) is 2.14. The summed E-state index contributed by atoms with van der Waals surface area (Å²) in [6.45, 7) is 11.0. The van der Waals surface area contributed by atoms with E-state index in [-0.39, 0.29) is 11.5 Å². The lowest BCUT2D eigenvalue weighted by atomic mass is 9.87. The monoisotopic (exact) mass is 312 g/mol. The van der Waals surface area contributed by atoms with Gasteiger partial charge in [-0.05, 0) is 52.9 Å². The molecule has 1 unspecified atom stereocenters. The molecule has 0 heterocycles. The highest BCUT2D eigenvalue weighted by Gasteiger charge is 2.25. The van der Waals surface area contributed by atoms with Crippen LogP contribution in [0.15, 0.2) is 22.7 Å². The Bertz CT molecular complexity index is 407. The zero-order chi connectivity index (χ0) is 14.1. The van der Waals surface area contributed by atoms with Crippen molar-refractivity contribution < 1.29 is 0 Å². The summed E-state index contributed by atoms with van der Waals surface area (Å²) in [5.41, 5.74) is 8.51. The van der Waals surface area contributed by atoms with Gasteiger partial charge >= 0.3 is 0 Å². The topological polar surface area (TPSA) is 29.3 Å². The second-order valence-electron chi connectivity index (χ2n) is 6.15. The lowest BCUT2D eigenvalue weighted by molar-refractivity contribution is 0.329. The van der Waals surface area contributed by atoms with Gasteiger partial charge in [0.05, 0.1) is 5.69 Å². The van der Waals surface area contributed by atoms with E-state index in [0.29, 0.717) is 6.04 Å². The van der Waals surface area contributed by atoms with Gasteiger partial charge in [-0.15, -0.1) is 0 Å². The molecule has 3 heteroatoms. The minimum Gasteiger partial charge on any atom is -0.370 e. The summed E-state index contributed by atoms with van der Waals surface area (Å²) in [6, 6.07) is 6.89. The highest BCUT2D eigenvalue weighted by Crippen LogP contribution is 2.33. The number of nitrogens with zero attached hydrogens (tertiary/aromatic N) is 1. The normalized spacial score (nSPS) is 15.3. The number of halogens is 1. The van der Waals surface area contributed by atoms with Gasteiger partial charge in [-0.25, -0.2) is 0 Å². The molecule has 1 rings (SSSR count). The highest BCUT2D eigenvalue weighted by atomic mass is 79.9. The minimum atomic E-state index is 0.0701. The predicted octanol–water partition coefficient (Wildman–Crippen LogP) is 4.34. The van der Waals surface area contributed by atoms with E-state index in [1.165, 1.54) is 5.69 Å². The number of rotatable bonds is 3. The molecular formula is C15H25BrN2. The minimum absolute atomic E-state index is 0.0701. The third kappa shape index (κ3) is 3.48. The molecule has 0 amide bonds. The Morgan fingerprint density at radius 2 is 1.78 bits per heavy atom. The molecule has 2 nitrogen and oxygen atoms in total. The molecule has 0 aromatic heterocycles. The number of benzene rings is 1. The van der Waals surface area contributed by atoms with Crippen molar-refractivity contribution in [1.82, 2.24) is 0 Å². The number of hydrogen-bond donors (Lipinski definition) is 1. The number of anilines is 1. The second-order valence-corrected chi connectivity index (χ2v) is 7.01. The zero-order valence-corrected chi connectivity index (χ0v) is 13.9. The van der Waals surface area contributed by atoms with Crippen molar-refractivity contribution >= 4 is 21.6 Å². The van der Waals surface area contributed by atoms with Gasteiger partial charge in [0.2, 0.25) is 0 Å². The van der Waals surface area contributed by atoms with Crippen LogP contribution < -0.4 is 10.6 Å². The molecule has 2 atom stereocenters. The second kappa shape index (κ2) is 5.62. The van der Waals surface area contributed by atoms with Gasteiger partial charge in [0, 0.05) is 23.6 Å². The van der Waals surface area contributed by atoms with E-state index in [1.54, 1.807) is 0 Å². The first kappa shape index (κ1) is 15.5. The van der Waals surface area contributed by atoms with E-state index >= 15 is 0 Å². The summed E-state index contributed by atoms with van der Waals surface area (Å²) >= 11 is 3.65. The maximum absolute atomic E-state index is 5.90. The van der Waals surface area contributed by atoms with Crippen LogP contribution in [-0.4, -0.2) is 13.1 Å². The average Bonchev–Trinajstić information content (AvgIpc) is 2.25. The highest BCUT2D eigenvalue weighted by molar-refractivity contribution is 9.10. The molecule has 0 aliphatic carbocycles. The van der Waals surface area contributed by atoms with Gasteiger partial charge in [-0.2, -0.15) is 0 Å². The Kier molecular flexibility index (Phi) is 4.84. The van der Waals surface area contributed by atoms with Crippen molar-refractivity contribution in [3.63, 3.8) is 0 Å². The van der Waals surface area contributed by atoms with Gasteiger partial charge in [0.1, 0.15) is 0 Å². The zero-order valence-electron chi connectivity index (χ0n) is 12.3. The third-order valence-electron chi connectivity index (χ3n) is 3.71. The maximum Gasteiger partial charge on any atom is 0.0510 e. The SMILES string of the molecule is CC(N(C)c1ccc([C@H](C)N)cc1Br)C(C)(C)C. The molecule has 1 aromatic rings. The van der Waals surface area contributed by atoms with Crippen LogP contribution in [-0.2, 0) is 0 Å². The van der Waals surface area contributed by atoms with Crippen molar-refractivity contribution in [2.45, 2.75) is 46.7 Å². The summed E-state index contributed by atoms with van der Waals surface area (Å²) in [6.07, 6.45) is 0. The molecular weight excluding hydrogens is 288 g/mol. The lowest BCUT2D eigenvalue weighted by Crippen LogP contribution is -2.39. The standard InChI is InChI=1S/C15H25BrN2/c1-10(17)12-7-8-14(13(16)9-12)18(6)11(2)15(3,4)5/h7-11H,17H2,1-6H3/t10-,11?/m0/s1. The molecule has 0 bridgehead atoms. The van der Waals surface area contributed by atoms with Crippen LogP contribution in [0.4, 0.5) is 5.69 Å². The smallest absolute Gasteiger partial charge is 0.0510 e. The van der Waals surface area contributed by atoms with E-state index in [9.17, 15) is 0 Å². The molecule has 1 aromatic carbocycles. The lowest BCUT2D eigenvalue weighted by Gasteiger charge is -2.37. The van der Waals surface area contributed by atoms with Crippen molar-refractivity contribution in [3.05, 3.63) is 28.2 Å². The Labute approximate surface area is 120 Å². The van der Waals surface area contributed by atoms with E-state index in [2.05, 4.69) is 73.8 Å². The van der Waals surface area contributed by atoms with Crippen LogP contribution >= 0.6 is 15.9 Å². The molecule has 2 N–H and O–H groups in total. The Morgan fingerprint density at radius 1 is 1.22 bits per heavy atom. The fourth-order valence-electron chi connectivity index (χ4n) is 1.88. The molecule has 102 valence electrons. The molecule has 18 heavy (non-hydrogen) atoms. The van der Waals surface area contributed by atoms with Gasteiger partial charge < -0.3 is 10.6 Å². The van der Waals surface area contributed by atoms with E-state index < -0.39 is 0 Å². The van der Waals surface area contributed by atoms with Crippen molar-refractivity contribution in [2.24, 2.45) is 11.1 Å². The van der Waals surface area contributed by atoms with E-state index in [1.807, 2.05) is 6.92 Å². The molecule has 0 saturated heterocycles. The van der Waals surface area contributed by atoms with Gasteiger partial charge in [0.15, 0.2) is 0 Å². The molecule has 0 aliphatic heterocycles.